The molecule has 2 amide bonds. The van der Waals surface area contributed by atoms with E-state index >= 15 is 0 Å². The van der Waals surface area contributed by atoms with Crippen molar-refractivity contribution in [1.29, 1.82) is 0 Å². The van der Waals surface area contributed by atoms with Crippen LogP contribution in [-0.4, -0.2) is 40.8 Å². The smallest absolute Gasteiger partial charge is 0.269 e. The molecule has 1 aliphatic rings. The SMILES string of the molecule is O=C(NC[C@H]1CCCCN1C(=O)c1ccc([N+](=O)[O-])cc1)c1ccccc1. The number of carbonyl (C=O) groups excluding carboxylic acids is 2. The molecule has 7 heteroatoms. The maximum atomic E-state index is 12.8. The molecule has 0 unspecified atom stereocenters. The van der Waals surface area contributed by atoms with E-state index in [2.05, 4.69) is 5.32 Å². The highest BCUT2D eigenvalue weighted by Gasteiger charge is 2.28. The van der Waals surface area contributed by atoms with Crippen LogP contribution in [0, 0.1) is 10.1 Å². The van der Waals surface area contributed by atoms with Gasteiger partial charge in [0, 0.05) is 42.4 Å². The lowest BCUT2D eigenvalue weighted by Gasteiger charge is -2.36. The second kappa shape index (κ2) is 8.44. The lowest BCUT2D eigenvalue weighted by Crippen LogP contribution is -2.49. The third-order valence-corrected chi connectivity index (χ3v) is 4.75. The van der Waals surface area contributed by atoms with E-state index in [9.17, 15) is 19.7 Å². The fraction of sp³-hybridized carbons (Fsp3) is 0.300. The van der Waals surface area contributed by atoms with Gasteiger partial charge in [0.15, 0.2) is 0 Å². The van der Waals surface area contributed by atoms with Gasteiger partial charge in [-0.3, -0.25) is 19.7 Å². The molecule has 0 saturated carbocycles. The summed E-state index contributed by atoms with van der Waals surface area (Å²) < 4.78 is 0. The Balaban J connectivity index is 1.66. The molecule has 1 aliphatic heterocycles. The molecule has 1 N–H and O–H groups in total. The van der Waals surface area contributed by atoms with Crippen LogP contribution in [0.5, 0.6) is 0 Å². The number of carbonyl (C=O) groups is 2. The van der Waals surface area contributed by atoms with E-state index < -0.39 is 4.92 Å². The van der Waals surface area contributed by atoms with Gasteiger partial charge in [0.25, 0.3) is 17.5 Å². The molecule has 0 aliphatic carbocycles. The van der Waals surface area contributed by atoms with Crippen LogP contribution in [0.25, 0.3) is 0 Å². The molecular weight excluding hydrogens is 346 g/mol. The number of hydrogen-bond donors (Lipinski definition) is 1. The van der Waals surface area contributed by atoms with Gasteiger partial charge in [-0.15, -0.1) is 0 Å². The van der Waals surface area contributed by atoms with Gasteiger partial charge < -0.3 is 10.2 Å². The largest absolute Gasteiger partial charge is 0.350 e. The van der Waals surface area contributed by atoms with Gasteiger partial charge in [0.2, 0.25) is 0 Å². The van der Waals surface area contributed by atoms with E-state index in [0.29, 0.717) is 24.2 Å². The molecule has 27 heavy (non-hydrogen) atoms. The summed E-state index contributed by atoms with van der Waals surface area (Å²) in [7, 11) is 0. The molecule has 1 atom stereocenters. The number of non-ortho nitro benzene ring substituents is 1. The quantitative estimate of drug-likeness (QED) is 0.649. The van der Waals surface area contributed by atoms with Crippen molar-refractivity contribution in [2.24, 2.45) is 0 Å². The van der Waals surface area contributed by atoms with Crippen LogP contribution in [0.15, 0.2) is 54.6 Å². The Labute approximate surface area is 157 Å². The number of amides is 2. The first kappa shape index (κ1) is 18.6. The van der Waals surface area contributed by atoms with Crippen molar-refractivity contribution >= 4 is 17.5 Å². The van der Waals surface area contributed by atoms with Gasteiger partial charge in [0.05, 0.1) is 4.92 Å². The second-order valence-electron chi connectivity index (χ2n) is 6.53. The minimum atomic E-state index is -0.489. The number of nitrogens with zero attached hydrogens (tertiary/aromatic N) is 2. The van der Waals surface area contributed by atoms with Crippen molar-refractivity contribution in [3.8, 4) is 0 Å². The number of nitro groups is 1. The summed E-state index contributed by atoms with van der Waals surface area (Å²) in [4.78, 5) is 37.1. The van der Waals surface area contributed by atoms with Crippen molar-refractivity contribution in [2.45, 2.75) is 25.3 Å². The summed E-state index contributed by atoms with van der Waals surface area (Å²) in [6.45, 7) is 0.994. The molecule has 2 aromatic carbocycles. The number of rotatable bonds is 5. The van der Waals surface area contributed by atoms with E-state index in [-0.39, 0.29) is 23.5 Å². The Bertz CT molecular complexity index is 821. The Morgan fingerprint density at radius 1 is 1.04 bits per heavy atom. The van der Waals surface area contributed by atoms with E-state index in [4.69, 9.17) is 0 Å². The van der Waals surface area contributed by atoms with Crippen LogP contribution >= 0.6 is 0 Å². The normalized spacial score (nSPS) is 16.6. The molecule has 1 fully saturated rings. The predicted molar refractivity (Wildman–Crippen MR) is 101 cm³/mol. The molecule has 0 bridgehead atoms. The van der Waals surface area contributed by atoms with Gasteiger partial charge in [-0.2, -0.15) is 0 Å². The van der Waals surface area contributed by atoms with Crippen molar-refractivity contribution in [3.05, 3.63) is 75.8 Å². The Kier molecular flexibility index (Phi) is 5.80. The zero-order valence-corrected chi connectivity index (χ0v) is 14.8. The number of hydrogen-bond acceptors (Lipinski definition) is 4. The van der Waals surface area contributed by atoms with E-state index in [1.54, 1.807) is 29.2 Å². The highest BCUT2D eigenvalue weighted by Crippen LogP contribution is 2.21. The topological polar surface area (TPSA) is 92.6 Å². The van der Waals surface area contributed by atoms with Crippen LogP contribution in [0.4, 0.5) is 5.69 Å². The van der Waals surface area contributed by atoms with Crippen molar-refractivity contribution in [1.82, 2.24) is 10.2 Å². The van der Waals surface area contributed by atoms with Gasteiger partial charge in [0.1, 0.15) is 0 Å². The Morgan fingerprint density at radius 2 is 1.74 bits per heavy atom. The first-order valence-electron chi connectivity index (χ1n) is 8.95. The fourth-order valence-corrected chi connectivity index (χ4v) is 3.27. The molecule has 0 radical (unpaired) electrons. The summed E-state index contributed by atoms with van der Waals surface area (Å²) in [6, 6.07) is 14.5. The van der Waals surface area contributed by atoms with Crippen LogP contribution in [0.2, 0.25) is 0 Å². The third kappa shape index (κ3) is 4.49. The van der Waals surface area contributed by atoms with E-state index in [1.165, 1.54) is 24.3 Å². The average Bonchev–Trinajstić information content (AvgIpc) is 2.72. The first-order valence-corrected chi connectivity index (χ1v) is 8.95. The maximum absolute atomic E-state index is 12.8. The zero-order chi connectivity index (χ0) is 19.2. The van der Waals surface area contributed by atoms with Gasteiger partial charge in [-0.1, -0.05) is 18.2 Å². The van der Waals surface area contributed by atoms with Crippen LogP contribution < -0.4 is 5.32 Å². The molecule has 0 spiro atoms. The molecule has 3 rings (SSSR count). The number of likely N-dealkylation sites (tertiary alicyclic amines) is 1. The lowest BCUT2D eigenvalue weighted by atomic mass is 10.0. The van der Waals surface area contributed by atoms with Gasteiger partial charge in [-0.25, -0.2) is 0 Å². The number of nitrogens with one attached hydrogen (secondary N) is 1. The third-order valence-electron chi connectivity index (χ3n) is 4.75. The highest BCUT2D eigenvalue weighted by atomic mass is 16.6. The van der Waals surface area contributed by atoms with Crippen molar-refractivity contribution < 1.29 is 14.5 Å². The van der Waals surface area contributed by atoms with Crippen LogP contribution in [-0.2, 0) is 0 Å². The monoisotopic (exact) mass is 367 g/mol. The zero-order valence-electron chi connectivity index (χ0n) is 14.8. The van der Waals surface area contributed by atoms with Gasteiger partial charge >= 0.3 is 0 Å². The molecule has 0 aromatic heterocycles. The van der Waals surface area contributed by atoms with E-state index in [1.807, 2.05) is 6.07 Å². The molecule has 1 heterocycles. The molecular formula is C20H21N3O4. The van der Waals surface area contributed by atoms with E-state index in [0.717, 1.165) is 19.3 Å². The van der Waals surface area contributed by atoms with Crippen LogP contribution in [0.1, 0.15) is 40.0 Å². The van der Waals surface area contributed by atoms with Gasteiger partial charge in [-0.05, 0) is 43.5 Å². The minimum Gasteiger partial charge on any atom is -0.350 e. The fourth-order valence-electron chi connectivity index (χ4n) is 3.27. The highest BCUT2D eigenvalue weighted by molar-refractivity contribution is 5.95. The molecule has 140 valence electrons. The lowest BCUT2D eigenvalue weighted by molar-refractivity contribution is -0.384. The predicted octanol–water partition coefficient (Wildman–Crippen LogP) is 3.02. The minimum absolute atomic E-state index is 0.0446. The first-order chi connectivity index (χ1) is 13.1. The number of nitro benzene ring substituents is 1. The van der Waals surface area contributed by atoms with Crippen molar-refractivity contribution in [3.63, 3.8) is 0 Å². The summed E-state index contributed by atoms with van der Waals surface area (Å²) in [5.41, 5.74) is 0.959. The second-order valence-corrected chi connectivity index (χ2v) is 6.53. The summed E-state index contributed by atoms with van der Waals surface area (Å²) in [5.74, 6) is -0.326. The standard InChI is InChI=1S/C20H21N3O4/c24-19(15-6-2-1-3-7-15)21-14-18-8-4-5-13-22(18)20(25)16-9-11-17(12-10-16)23(26)27/h1-3,6-7,9-12,18H,4-5,8,13-14H2,(H,21,24)/t18-/m1/s1. The van der Waals surface area contributed by atoms with Crippen LogP contribution in [0.3, 0.4) is 0 Å². The number of piperidine rings is 1. The Morgan fingerprint density at radius 3 is 2.41 bits per heavy atom. The molecule has 7 nitrogen and oxygen atoms in total. The Hall–Kier alpha value is -3.22. The number of benzene rings is 2. The molecule has 2 aromatic rings. The van der Waals surface area contributed by atoms with Crippen molar-refractivity contribution in [2.75, 3.05) is 13.1 Å². The molecule has 1 saturated heterocycles. The maximum Gasteiger partial charge on any atom is 0.269 e. The summed E-state index contributed by atoms with van der Waals surface area (Å²) >= 11 is 0. The summed E-state index contributed by atoms with van der Waals surface area (Å²) in [5, 5.41) is 13.7. The average molecular weight is 367 g/mol. The summed E-state index contributed by atoms with van der Waals surface area (Å²) in [6.07, 6.45) is 2.71.